The van der Waals surface area contributed by atoms with Crippen molar-refractivity contribution in [1.82, 2.24) is 9.78 Å². The highest BCUT2D eigenvalue weighted by atomic mass is 35.5. The minimum Gasteiger partial charge on any atom is -0.322 e. The number of halogens is 4. The number of aryl methyl sites for hydroxylation is 1. The van der Waals surface area contributed by atoms with E-state index in [1.165, 1.54) is 29.9 Å². The van der Waals surface area contributed by atoms with E-state index in [1.54, 1.807) is 0 Å². The smallest absolute Gasteiger partial charge is 0.282 e. The molecule has 1 saturated carbocycles. The Morgan fingerprint density at radius 2 is 2.07 bits per heavy atom. The summed E-state index contributed by atoms with van der Waals surface area (Å²) in [6.45, 7) is 5.25. The van der Waals surface area contributed by atoms with Crippen LogP contribution < -0.4 is 5.32 Å². The predicted molar refractivity (Wildman–Crippen MR) is 103 cm³/mol. The molecule has 2 aliphatic rings. The normalized spacial score (nSPS) is 21.8. The predicted octanol–water partition coefficient (Wildman–Crippen LogP) is 5.77. The van der Waals surface area contributed by atoms with Crippen molar-refractivity contribution in [2.24, 2.45) is 13.0 Å². The standard InChI is InChI=1S/C17H17F2N3O.C2H2Cl2/c1-8-10-6-11(10)9-4-3-5-13(14(8)9)20-17(23)12-7-22(2)21-15(12)16(18)19;1-2(3)4/h3-5,7-8,10-11,16H,6H2,1-2H3,(H,20,23);1H2/t8-,10?,11+;/m0./s1. The number of carbonyl (C=O) groups is 1. The third-order valence-corrected chi connectivity index (χ3v) is 5.03. The number of rotatable bonds is 3. The van der Waals surface area contributed by atoms with Crippen molar-refractivity contribution < 1.29 is 13.6 Å². The second-order valence-corrected chi connectivity index (χ2v) is 7.90. The number of amides is 1. The van der Waals surface area contributed by atoms with Gasteiger partial charge < -0.3 is 5.32 Å². The molecule has 1 N–H and O–H groups in total. The molecule has 144 valence electrons. The van der Waals surface area contributed by atoms with Gasteiger partial charge in [0.15, 0.2) is 0 Å². The summed E-state index contributed by atoms with van der Waals surface area (Å²) in [5.41, 5.74) is 2.63. The number of nitrogens with zero attached hydrogens (tertiary/aromatic N) is 2. The van der Waals surface area contributed by atoms with Gasteiger partial charge in [-0.15, -0.1) is 0 Å². The van der Waals surface area contributed by atoms with Crippen molar-refractivity contribution in [2.45, 2.75) is 31.6 Å². The Kier molecular flexibility index (Phi) is 5.58. The number of benzene rings is 1. The van der Waals surface area contributed by atoms with Crippen molar-refractivity contribution in [3.63, 3.8) is 0 Å². The molecule has 27 heavy (non-hydrogen) atoms. The van der Waals surface area contributed by atoms with Gasteiger partial charge in [-0.3, -0.25) is 9.48 Å². The Morgan fingerprint density at radius 3 is 2.70 bits per heavy atom. The fourth-order valence-corrected chi connectivity index (χ4v) is 3.89. The zero-order valence-electron chi connectivity index (χ0n) is 14.8. The number of nitrogens with one attached hydrogen (secondary N) is 1. The SMILES string of the molecule is C=C(Cl)Cl.C[C@@H]1c2c(NC(=O)c3cn(C)nc3C(F)F)cccc2[C@H]2CC12. The van der Waals surface area contributed by atoms with Crippen molar-refractivity contribution in [2.75, 3.05) is 5.32 Å². The molecule has 0 spiro atoms. The molecule has 0 radical (unpaired) electrons. The number of hydrogen-bond donors (Lipinski definition) is 1. The molecule has 8 heteroatoms. The minimum absolute atomic E-state index is 0.0732. The first-order valence-electron chi connectivity index (χ1n) is 8.46. The van der Waals surface area contributed by atoms with E-state index in [2.05, 4.69) is 30.0 Å². The van der Waals surface area contributed by atoms with Gasteiger partial charge in [-0.1, -0.05) is 48.8 Å². The van der Waals surface area contributed by atoms with Crippen LogP contribution >= 0.6 is 23.2 Å². The van der Waals surface area contributed by atoms with Gasteiger partial charge in [0.05, 0.1) is 10.1 Å². The highest BCUT2D eigenvalue weighted by Crippen LogP contribution is 2.63. The molecule has 4 nitrogen and oxygen atoms in total. The molecule has 1 fully saturated rings. The molecule has 0 bridgehead atoms. The fraction of sp³-hybridized carbons (Fsp3) is 0.368. The van der Waals surface area contributed by atoms with E-state index < -0.39 is 18.0 Å². The lowest BCUT2D eigenvalue weighted by Gasteiger charge is -2.16. The number of aromatic nitrogens is 2. The molecule has 1 aromatic carbocycles. The maximum Gasteiger partial charge on any atom is 0.282 e. The number of alkyl halides is 2. The van der Waals surface area contributed by atoms with Crippen molar-refractivity contribution >= 4 is 34.8 Å². The van der Waals surface area contributed by atoms with Gasteiger partial charge in [0.25, 0.3) is 12.3 Å². The van der Waals surface area contributed by atoms with Crippen LogP contribution in [0.5, 0.6) is 0 Å². The summed E-state index contributed by atoms with van der Waals surface area (Å²) in [5.74, 6) is 1.13. The Bertz CT molecular complexity index is 893. The van der Waals surface area contributed by atoms with Gasteiger partial charge in [-0.2, -0.15) is 5.10 Å². The fourth-order valence-electron chi connectivity index (χ4n) is 3.89. The van der Waals surface area contributed by atoms with Crippen molar-refractivity contribution in [1.29, 1.82) is 0 Å². The van der Waals surface area contributed by atoms with Crippen LogP contribution in [-0.4, -0.2) is 15.7 Å². The summed E-state index contributed by atoms with van der Waals surface area (Å²) in [6, 6.07) is 5.86. The molecule has 1 unspecified atom stereocenters. The summed E-state index contributed by atoms with van der Waals surface area (Å²) in [4.78, 5) is 12.5. The molecule has 4 rings (SSSR count). The average Bonchev–Trinajstić information content (AvgIpc) is 3.19. The quantitative estimate of drug-likeness (QED) is 0.694. The van der Waals surface area contributed by atoms with E-state index in [0.29, 0.717) is 17.8 Å². The first kappa shape index (κ1) is 19.8. The molecule has 1 amide bonds. The topological polar surface area (TPSA) is 46.9 Å². The van der Waals surface area contributed by atoms with Gasteiger partial charge in [-0.25, -0.2) is 8.78 Å². The Labute approximate surface area is 166 Å². The van der Waals surface area contributed by atoms with Gasteiger partial charge >= 0.3 is 0 Å². The summed E-state index contributed by atoms with van der Waals surface area (Å²) in [6.07, 6.45) is -0.227. The largest absolute Gasteiger partial charge is 0.322 e. The first-order chi connectivity index (χ1) is 12.7. The van der Waals surface area contributed by atoms with E-state index in [0.717, 1.165) is 11.3 Å². The Balaban J connectivity index is 0.000000481. The highest BCUT2D eigenvalue weighted by molar-refractivity contribution is 6.55. The van der Waals surface area contributed by atoms with Crippen LogP contribution in [0.3, 0.4) is 0 Å². The lowest BCUT2D eigenvalue weighted by atomic mass is 9.96. The van der Waals surface area contributed by atoms with Crippen LogP contribution in [0.25, 0.3) is 0 Å². The maximum absolute atomic E-state index is 13.0. The van der Waals surface area contributed by atoms with Crippen LogP contribution in [0.4, 0.5) is 14.5 Å². The van der Waals surface area contributed by atoms with E-state index in [-0.39, 0.29) is 10.1 Å². The highest BCUT2D eigenvalue weighted by Gasteiger charge is 2.50. The summed E-state index contributed by atoms with van der Waals surface area (Å²) >= 11 is 9.69. The average molecular weight is 414 g/mol. The zero-order chi connectivity index (χ0) is 19.9. The number of hydrogen-bond acceptors (Lipinski definition) is 2. The molecular formula is C19H19Cl2F2N3O. The number of carbonyl (C=O) groups excluding carboxylic acids is 1. The molecule has 0 aliphatic heterocycles. The van der Waals surface area contributed by atoms with Crippen molar-refractivity contribution in [3.8, 4) is 0 Å². The summed E-state index contributed by atoms with van der Waals surface area (Å²) < 4.78 is 27.4. The third-order valence-electron chi connectivity index (χ3n) is 5.03. The maximum atomic E-state index is 13.0. The number of fused-ring (bicyclic) bond motifs is 3. The van der Waals surface area contributed by atoms with Gasteiger partial charge in [0, 0.05) is 18.9 Å². The van der Waals surface area contributed by atoms with Crippen LogP contribution in [0, 0.1) is 5.92 Å². The Hall–Kier alpha value is -1.92. The lowest BCUT2D eigenvalue weighted by molar-refractivity contribution is 0.101. The second-order valence-electron chi connectivity index (χ2n) is 6.80. The second kappa shape index (κ2) is 7.60. The molecule has 0 saturated heterocycles. The molecule has 3 atom stereocenters. The van der Waals surface area contributed by atoms with Gasteiger partial charge in [0.1, 0.15) is 5.69 Å². The first-order valence-corrected chi connectivity index (χ1v) is 9.22. The summed E-state index contributed by atoms with van der Waals surface area (Å²) in [5, 5.41) is 6.50. The van der Waals surface area contributed by atoms with Gasteiger partial charge in [-0.05, 0) is 41.4 Å². The Morgan fingerprint density at radius 1 is 1.41 bits per heavy atom. The van der Waals surface area contributed by atoms with E-state index in [4.69, 9.17) is 23.2 Å². The zero-order valence-corrected chi connectivity index (χ0v) is 16.4. The van der Waals surface area contributed by atoms with E-state index in [9.17, 15) is 13.6 Å². The van der Waals surface area contributed by atoms with E-state index in [1.807, 2.05) is 12.1 Å². The minimum atomic E-state index is -2.77. The number of anilines is 1. The van der Waals surface area contributed by atoms with Crippen LogP contribution in [0.2, 0.25) is 0 Å². The molecular weight excluding hydrogens is 395 g/mol. The van der Waals surface area contributed by atoms with Crippen LogP contribution in [0.1, 0.15) is 58.8 Å². The molecule has 1 heterocycles. The third kappa shape index (κ3) is 4.01. The molecule has 1 aromatic heterocycles. The van der Waals surface area contributed by atoms with Gasteiger partial charge in [0.2, 0.25) is 0 Å². The molecule has 2 aliphatic carbocycles. The van der Waals surface area contributed by atoms with Crippen LogP contribution in [-0.2, 0) is 7.05 Å². The summed E-state index contributed by atoms with van der Waals surface area (Å²) in [7, 11) is 1.53. The molecule has 2 aromatic rings. The lowest BCUT2D eigenvalue weighted by Crippen LogP contribution is -2.15. The van der Waals surface area contributed by atoms with Crippen molar-refractivity contribution in [3.05, 3.63) is 57.9 Å². The monoisotopic (exact) mass is 413 g/mol. The van der Waals surface area contributed by atoms with E-state index >= 15 is 0 Å². The van der Waals surface area contributed by atoms with Crippen LogP contribution in [0.15, 0.2) is 35.5 Å².